The van der Waals surface area contributed by atoms with Gasteiger partial charge in [0.1, 0.15) is 5.69 Å². The van der Waals surface area contributed by atoms with E-state index < -0.39 is 5.97 Å². The average Bonchev–Trinajstić information content (AvgIpc) is 2.73. The van der Waals surface area contributed by atoms with Crippen LogP contribution in [0, 0.1) is 0 Å². The summed E-state index contributed by atoms with van der Waals surface area (Å²) < 4.78 is 7.91. The third-order valence-electron chi connectivity index (χ3n) is 3.14. The molecule has 18 heavy (non-hydrogen) atoms. The number of nitrogens with zero attached hydrogens (tertiary/aromatic N) is 2. The molecule has 1 atom stereocenters. The number of morpholine rings is 1. The third-order valence-corrected chi connectivity index (χ3v) is 3.57. The molecule has 0 saturated carbocycles. The van der Waals surface area contributed by atoms with E-state index in [1.807, 2.05) is 17.7 Å². The topological polar surface area (TPSA) is 54.7 Å². The van der Waals surface area contributed by atoms with Gasteiger partial charge >= 0.3 is 5.97 Å². The normalized spacial score (nSPS) is 18.8. The highest BCUT2D eigenvalue weighted by atomic mass is 79.9. The Labute approximate surface area is 114 Å². The first-order chi connectivity index (χ1) is 8.58. The van der Waals surface area contributed by atoms with Crippen molar-refractivity contribution >= 4 is 21.9 Å². The Morgan fingerprint density at radius 3 is 2.83 bits per heavy atom. The number of aromatic carboxylic acids is 1. The molecule has 0 bridgehead atoms. The maximum Gasteiger partial charge on any atom is 0.352 e. The van der Waals surface area contributed by atoms with E-state index in [1.165, 1.54) is 0 Å². The summed E-state index contributed by atoms with van der Waals surface area (Å²) in [5.74, 6) is -0.894. The molecular formula is C12H17BrN2O3. The maximum atomic E-state index is 11.2. The largest absolute Gasteiger partial charge is 0.477 e. The molecule has 0 aliphatic carbocycles. The van der Waals surface area contributed by atoms with Crippen LogP contribution in [-0.2, 0) is 4.74 Å². The molecule has 0 amide bonds. The monoisotopic (exact) mass is 316 g/mol. The van der Waals surface area contributed by atoms with E-state index in [-0.39, 0.29) is 6.04 Å². The second kappa shape index (κ2) is 5.86. The summed E-state index contributed by atoms with van der Waals surface area (Å²) in [7, 11) is 0. The molecule has 2 heterocycles. The fraction of sp³-hybridized carbons (Fsp3) is 0.583. The van der Waals surface area contributed by atoms with Crippen LogP contribution in [0.25, 0.3) is 0 Å². The highest BCUT2D eigenvalue weighted by molar-refractivity contribution is 9.10. The lowest BCUT2D eigenvalue weighted by Crippen LogP contribution is -2.39. The van der Waals surface area contributed by atoms with Crippen LogP contribution in [0.1, 0.15) is 23.5 Å². The Bertz CT molecular complexity index is 427. The molecule has 1 N–H and O–H groups in total. The molecule has 1 aromatic heterocycles. The van der Waals surface area contributed by atoms with Crippen molar-refractivity contribution in [3.8, 4) is 0 Å². The fourth-order valence-electron chi connectivity index (χ4n) is 2.23. The van der Waals surface area contributed by atoms with Gasteiger partial charge in [-0.1, -0.05) is 0 Å². The highest BCUT2D eigenvalue weighted by Gasteiger charge is 2.19. The van der Waals surface area contributed by atoms with Gasteiger partial charge in [-0.3, -0.25) is 4.90 Å². The zero-order valence-corrected chi connectivity index (χ0v) is 11.9. The van der Waals surface area contributed by atoms with Gasteiger partial charge in [0.15, 0.2) is 0 Å². The Kier molecular flexibility index (Phi) is 4.42. The smallest absolute Gasteiger partial charge is 0.352 e. The minimum atomic E-state index is -0.894. The summed E-state index contributed by atoms with van der Waals surface area (Å²) in [5.41, 5.74) is 0.322. The third kappa shape index (κ3) is 3.13. The number of carboxylic acid groups (broad SMARTS) is 1. The van der Waals surface area contributed by atoms with Crippen molar-refractivity contribution in [3.05, 3.63) is 22.4 Å². The standard InChI is InChI=1S/C12H17BrN2O3/c1-9(7-14-2-4-18-5-3-14)15-8-10(13)6-11(15)12(16)17/h6,8-9H,2-5,7H2,1H3,(H,16,17). The van der Waals surface area contributed by atoms with Crippen LogP contribution in [0.15, 0.2) is 16.7 Å². The van der Waals surface area contributed by atoms with Gasteiger partial charge in [0.05, 0.1) is 13.2 Å². The number of carboxylic acids is 1. The van der Waals surface area contributed by atoms with Gasteiger partial charge < -0.3 is 14.4 Å². The van der Waals surface area contributed by atoms with Crippen LogP contribution in [-0.4, -0.2) is 53.4 Å². The lowest BCUT2D eigenvalue weighted by Gasteiger charge is -2.30. The SMILES string of the molecule is CC(CN1CCOCC1)n1cc(Br)cc1C(=O)O. The Morgan fingerprint density at radius 1 is 1.56 bits per heavy atom. The minimum Gasteiger partial charge on any atom is -0.477 e. The molecule has 2 rings (SSSR count). The number of ether oxygens (including phenoxy) is 1. The van der Waals surface area contributed by atoms with Crippen molar-refractivity contribution in [2.24, 2.45) is 0 Å². The van der Waals surface area contributed by atoms with Gasteiger partial charge in [-0.05, 0) is 28.9 Å². The van der Waals surface area contributed by atoms with Crippen molar-refractivity contribution < 1.29 is 14.6 Å². The number of halogens is 1. The van der Waals surface area contributed by atoms with E-state index in [9.17, 15) is 4.79 Å². The van der Waals surface area contributed by atoms with E-state index in [0.29, 0.717) is 5.69 Å². The lowest BCUT2D eigenvalue weighted by atomic mass is 10.2. The van der Waals surface area contributed by atoms with Gasteiger partial charge in [-0.2, -0.15) is 0 Å². The van der Waals surface area contributed by atoms with Gasteiger partial charge in [0, 0.05) is 36.3 Å². The van der Waals surface area contributed by atoms with Crippen LogP contribution in [0.4, 0.5) is 0 Å². The quantitative estimate of drug-likeness (QED) is 0.921. The van der Waals surface area contributed by atoms with Crippen molar-refractivity contribution in [2.45, 2.75) is 13.0 Å². The second-order valence-electron chi connectivity index (χ2n) is 4.52. The van der Waals surface area contributed by atoms with Crippen LogP contribution >= 0.6 is 15.9 Å². The summed E-state index contributed by atoms with van der Waals surface area (Å²) >= 11 is 3.33. The molecule has 1 fully saturated rings. The predicted molar refractivity (Wildman–Crippen MR) is 71.1 cm³/mol. The van der Waals surface area contributed by atoms with Crippen LogP contribution < -0.4 is 0 Å². The van der Waals surface area contributed by atoms with Gasteiger partial charge in [0.25, 0.3) is 0 Å². The van der Waals surface area contributed by atoms with E-state index in [2.05, 4.69) is 20.8 Å². The number of rotatable bonds is 4. The molecule has 1 aliphatic rings. The maximum absolute atomic E-state index is 11.2. The number of hydrogen-bond acceptors (Lipinski definition) is 3. The molecule has 1 saturated heterocycles. The first kappa shape index (κ1) is 13.6. The zero-order valence-electron chi connectivity index (χ0n) is 10.3. The highest BCUT2D eigenvalue weighted by Crippen LogP contribution is 2.20. The van der Waals surface area contributed by atoms with E-state index >= 15 is 0 Å². The summed E-state index contributed by atoms with van der Waals surface area (Å²) in [6, 6.07) is 1.76. The van der Waals surface area contributed by atoms with E-state index in [1.54, 1.807) is 6.07 Å². The number of carbonyl (C=O) groups is 1. The molecule has 6 heteroatoms. The van der Waals surface area contributed by atoms with Crippen LogP contribution in [0.2, 0.25) is 0 Å². The molecular weight excluding hydrogens is 300 g/mol. The summed E-state index contributed by atoms with van der Waals surface area (Å²) in [4.78, 5) is 13.5. The van der Waals surface area contributed by atoms with Crippen LogP contribution in [0.5, 0.6) is 0 Å². The van der Waals surface area contributed by atoms with E-state index in [4.69, 9.17) is 9.84 Å². The number of hydrogen-bond donors (Lipinski definition) is 1. The summed E-state index contributed by atoms with van der Waals surface area (Å²) in [6.45, 7) is 6.21. The summed E-state index contributed by atoms with van der Waals surface area (Å²) in [5, 5.41) is 9.16. The van der Waals surface area contributed by atoms with Crippen molar-refractivity contribution in [3.63, 3.8) is 0 Å². The molecule has 5 nitrogen and oxygen atoms in total. The molecule has 1 aliphatic heterocycles. The van der Waals surface area contributed by atoms with Crippen molar-refractivity contribution in [1.29, 1.82) is 0 Å². The fourth-order valence-corrected chi connectivity index (χ4v) is 2.66. The molecule has 0 spiro atoms. The van der Waals surface area contributed by atoms with Gasteiger partial charge in [-0.25, -0.2) is 4.79 Å². The summed E-state index contributed by atoms with van der Waals surface area (Å²) in [6.07, 6.45) is 1.83. The predicted octanol–water partition coefficient (Wildman–Crippen LogP) is 1.84. The van der Waals surface area contributed by atoms with Crippen molar-refractivity contribution in [2.75, 3.05) is 32.8 Å². The molecule has 1 unspecified atom stereocenters. The lowest BCUT2D eigenvalue weighted by molar-refractivity contribution is 0.0321. The average molecular weight is 317 g/mol. The van der Waals surface area contributed by atoms with E-state index in [0.717, 1.165) is 37.3 Å². The van der Waals surface area contributed by atoms with Gasteiger partial charge in [0.2, 0.25) is 0 Å². The Hall–Kier alpha value is -0.850. The molecule has 0 aromatic carbocycles. The van der Waals surface area contributed by atoms with Gasteiger partial charge in [-0.15, -0.1) is 0 Å². The van der Waals surface area contributed by atoms with Crippen LogP contribution in [0.3, 0.4) is 0 Å². The molecule has 100 valence electrons. The first-order valence-corrected chi connectivity index (χ1v) is 6.78. The Morgan fingerprint density at radius 2 is 2.22 bits per heavy atom. The first-order valence-electron chi connectivity index (χ1n) is 5.98. The number of aromatic nitrogens is 1. The Balaban J connectivity index is 2.07. The minimum absolute atomic E-state index is 0.125. The molecule has 0 radical (unpaired) electrons. The van der Waals surface area contributed by atoms with Crippen molar-refractivity contribution in [1.82, 2.24) is 9.47 Å². The zero-order chi connectivity index (χ0) is 13.1. The second-order valence-corrected chi connectivity index (χ2v) is 5.43. The molecule has 1 aromatic rings.